The predicted octanol–water partition coefficient (Wildman–Crippen LogP) is -7.58. The maximum absolute atomic E-state index is 14.7. The largest absolute Gasteiger partial charge is 0.511 e. The van der Waals surface area contributed by atoms with Crippen LogP contribution in [0.4, 0.5) is 0 Å². The van der Waals surface area contributed by atoms with Crippen molar-refractivity contribution < 1.29 is 211 Å². The highest BCUT2D eigenvalue weighted by Crippen LogP contribution is 2.44. The second-order valence-corrected chi connectivity index (χ2v) is 18.2. The van der Waals surface area contributed by atoms with Crippen LogP contribution in [-0.2, 0) is 120 Å². The number of rotatable bonds is 41. The SMILES string of the molecule is CCCC(=O)C(OC(=O)CC(O)(CC(=O)O)C(=O)O)C(OC(=O)CC(O)(CC(=O)O)C(=O)O)(OC(=O)CC(O)(CC(=O)O)C(=O)O)C(OC(=O)CC(O)(CC(=O)O)C(=O)O)(OC(=O)CC(O)(CC(=O)O)C(=O)O)OC(=O)CC(O)(CC(=O)O)C(=O)O. The Hall–Kier alpha value is -10.1. The monoisotopic (exact) mass is 1250 g/mol. The first-order chi connectivity index (χ1) is 38.9. The van der Waals surface area contributed by atoms with Gasteiger partial charge >= 0.3 is 119 Å². The summed E-state index contributed by atoms with van der Waals surface area (Å²) in [5.74, 6) is -65.2. The third-order valence-corrected chi connectivity index (χ3v) is 10.8. The zero-order valence-electron chi connectivity index (χ0n) is 43.2. The average molecular weight is 1250 g/mol. The Morgan fingerprint density at radius 3 is 0.651 bits per heavy atom. The number of carboxylic acids is 12. The van der Waals surface area contributed by atoms with Gasteiger partial charge in [-0.1, -0.05) is 6.92 Å². The Balaban J connectivity index is 10.9. The van der Waals surface area contributed by atoms with E-state index in [1.54, 1.807) is 0 Å². The predicted molar refractivity (Wildman–Crippen MR) is 242 cm³/mol. The molecule has 0 aliphatic carbocycles. The number of aliphatic carboxylic acids is 12. The third-order valence-electron chi connectivity index (χ3n) is 10.8. The lowest BCUT2D eigenvalue weighted by Gasteiger charge is -2.46. The molecule has 0 spiro atoms. The van der Waals surface area contributed by atoms with E-state index < -0.39 is 255 Å². The van der Waals surface area contributed by atoms with Gasteiger partial charge in [0.1, 0.15) is 0 Å². The average Bonchev–Trinajstić information content (AvgIpc) is 0.740. The van der Waals surface area contributed by atoms with Crippen molar-refractivity contribution in [3.05, 3.63) is 0 Å². The van der Waals surface area contributed by atoms with Gasteiger partial charge in [-0.3, -0.25) is 62.3 Å². The van der Waals surface area contributed by atoms with Crippen LogP contribution in [0.5, 0.6) is 0 Å². The molecule has 43 heteroatoms. The van der Waals surface area contributed by atoms with Crippen molar-refractivity contribution in [2.24, 2.45) is 0 Å². The van der Waals surface area contributed by atoms with E-state index in [0.717, 1.165) is 6.92 Å². The van der Waals surface area contributed by atoms with Gasteiger partial charge in [0, 0.05) is 6.42 Å². The van der Waals surface area contributed by atoms with E-state index in [0.29, 0.717) is 0 Å². The Morgan fingerprint density at radius 1 is 0.291 bits per heavy atom. The first-order valence-electron chi connectivity index (χ1n) is 22.8. The summed E-state index contributed by atoms with van der Waals surface area (Å²) in [5.41, 5.74) is -25.7. The van der Waals surface area contributed by atoms with Gasteiger partial charge in [-0.05, 0) is 6.42 Å². The molecule has 7 unspecified atom stereocenters. The molecule has 0 radical (unpaired) electrons. The minimum absolute atomic E-state index is 0.844. The van der Waals surface area contributed by atoms with Crippen LogP contribution in [0.2, 0.25) is 0 Å². The van der Waals surface area contributed by atoms with Gasteiger partial charge in [-0.2, -0.15) is 0 Å². The fourth-order valence-electron chi connectivity index (χ4n) is 6.78. The lowest BCUT2D eigenvalue weighted by atomic mass is 9.93. The number of carbonyl (C=O) groups excluding carboxylic acids is 7. The van der Waals surface area contributed by atoms with Gasteiger partial charge in [0.15, 0.2) is 39.4 Å². The number of ketones is 1. The van der Waals surface area contributed by atoms with Gasteiger partial charge < -0.3 is 120 Å². The van der Waals surface area contributed by atoms with Crippen molar-refractivity contribution >= 4 is 113 Å². The molecule has 0 saturated heterocycles. The van der Waals surface area contributed by atoms with Crippen LogP contribution in [0.25, 0.3) is 0 Å². The van der Waals surface area contributed by atoms with Gasteiger partial charge in [0.05, 0.1) is 77.0 Å². The first kappa shape index (κ1) is 75.9. The Labute approximate surface area is 472 Å². The quantitative estimate of drug-likeness (QED) is 0.0154. The Bertz CT molecular complexity index is 2600. The van der Waals surface area contributed by atoms with Crippen LogP contribution >= 0.6 is 0 Å². The number of carbonyl (C=O) groups is 19. The topological polar surface area (TPSA) is 744 Å². The molecular formula is C43H50O43. The molecule has 0 aliphatic heterocycles. The maximum atomic E-state index is 14.7. The van der Waals surface area contributed by atoms with Crippen molar-refractivity contribution in [3.8, 4) is 0 Å². The number of carboxylic acid groups (broad SMARTS) is 12. The zero-order chi connectivity index (χ0) is 67.7. The van der Waals surface area contributed by atoms with Crippen molar-refractivity contribution in [3.63, 3.8) is 0 Å². The highest BCUT2D eigenvalue weighted by molar-refractivity contribution is 5.95. The summed E-state index contributed by atoms with van der Waals surface area (Å²) >= 11 is 0. The van der Waals surface area contributed by atoms with E-state index in [1.165, 1.54) is 0 Å². The summed E-state index contributed by atoms with van der Waals surface area (Å²) in [6.45, 7) is 0.844. The minimum atomic E-state index is -6.11. The fraction of sp³-hybridized carbons (Fsp3) is 0.558. The smallest absolute Gasteiger partial charge is 0.481 e. The summed E-state index contributed by atoms with van der Waals surface area (Å²) in [4.78, 5) is 245. The molecule has 0 aromatic heterocycles. The molecule has 7 atom stereocenters. The summed E-state index contributed by atoms with van der Waals surface area (Å²) in [7, 11) is 0. The second-order valence-electron chi connectivity index (χ2n) is 18.2. The van der Waals surface area contributed by atoms with E-state index in [9.17, 15) is 183 Å². The molecule has 0 bridgehead atoms. The van der Waals surface area contributed by atoms with E-state index in [1.807, 2.05) is 0 Å². The van der Waals surface area contributed by atoms with Gasteiger partial charge in [0.2, 0.25) is 6.10 Å². The Morgan fingerprint density at radius 2 is 0.477 bits per heavy atom. The van der Waals surface area contributed by atoms with Crippen LogP contribution in [0.3, 0.4) is 0 Å². The van der Waals surface area contributed by atoms with E-state index in [2.05, 4.69) is 0 Å². The van der Waals surface area contributed by atoms with Gasteiger partial charge in [0.25, 0.3) is 0 Å². The van der Waals surface area contributed by atoms with E-state index in [4.69, 9.17) is 28.4 Å². The molecule has 0 aliphatic rings. The summed E-state index contributed by atoms with van der Waals surface area (Å²) < 4.78 is 28.9. The van der Waals surface area contributed by atoms with Crippen LogP contribution < -0.4 is 0 Å². The van der Waals surface area contributed by atoms with E-state index in [-0.39, 0.29) is 0 Å². The zero-order valence-corrected chi connectivity index (χ0v) is 43.2. The number of aliphatic hydroxyl groups is 6. The molecule has 0 fully saturated rings. The van der Waals surface area contributed by atoms with Crippen molar-refractivity contribution in [2.75, 3.05) is 0 Å². The first-order valence-corrected chi connectivity index (χ1v) is 22.8. The minimum Gasteiger partial charge on any atom is -0.481 e. The molecule has 0 saturated carbocycles. The molecule has 0 aromatic rings. The summed E-state index contributed by atoms with van der Waals surface area (Å²) in [6, 6.07) is 0. The standard InChI is InChI=1S/C43H50O43/c1-2-3-16(44)29(81-23(57)10-36(75,30(63)64)4-17(45)46)42(82-24(58)11-37(76,31(65)66)5-18(47)48,83-25(59)12-38(77,32(67)68)6-19(49)50)43(84-26(60)13-39(78,33(69)70)7-20(51)52,85-27(61)14-40(79,34(71)72)8-21(53)54)86-28(62)15-41(80,35(73)74)9-22(55)56/h29,75-80H,2-15H2,1H3,(H,45,46)(H,47,48)(H,49,50)(H,51,52)(H,53,54)(H,55,56)(H,63,64)(H,65,66)(H,67,68)(H,69,70)(H,71,72)(H,73,74). The number of ether oxygens (including phenoxy) is 6. The van der Waals surface area contributed by atoms with Crippen molar-refractivity contribution in [2.45, 2.75) is 148 Å². The van der Waals surface area contributed by atoms with Crippen molar-refractivity contribution in [1.82, 2.24) is 0 Å². The molecule has 18 N–H and O–H groups in total. The Kier molecular flexibility index (Phi) is 26.0. The molecule has 480 valence electrons. The van der Waals surface area contributed by atoms with Crippen molar-refractivity contribution in [1.29, 1.82) is 0 Å². The highest BCUT2D eigenvalue weighted by Gasteiger charge is 2.77. The number of Topliss-reactive ketones (excluding diaryl/α,β-unsaturated/α-hetero) is 1. The molecule has 43 nitrogen and oxygen atoms in total. The van der Waals surface area contributed by atoms with Crippen LogP contribution in [0.1, 0.15) is 96.8 Å². The maximum Gasteiger partial charge on any atom is 0.511 e. The number of esters is 6. The molecular weight excluding hydrogens is 1200 g/mol. The fourth-order valence-corrected chi connectivity index (χ4v) is 6.78. The lowest BCUT2D eigenvalue weighted by molar-refractivity contribution is -0.454. The molecule has 0 aromatic carbocycles. The van der Waals surface area contributed by atoms with Crippen LogP contribution in [0, 0.1) is 0 Å². The lowest BCUT2D eigenvalue weighted by Crippen LogP contribution is -2.73. The summed E-state index contributed by atoms with van der Waals surface area (Å²) in [5, 5.41) is 181. The van der Waals surface area contributed by atoms with Crippen LogP contribution in [0.15, 0.2) is 0 Å². The van der Waals surface area contributed by atoms with Gasteiger partial charge in [-0.25, -0.2) is 28.8 Å². The van der Waals surface area contributed by atoms with E-state index >= 15 is 0 Å². The second kappa shape index (κ2) is 29.4. The number of hydrogen-bond acceptors (Lipinski definition) is 31. The normalized spacial score (nSPS) is 17.0. The molecule has 0 rings (SSSR count). The molecule has 86 heavy (non-hydrogen) atoms. The molecule has 0 amide bonds. The van der Waals surface area contributed by atoms with Gasteiger partial charge in [-0.15, -0.1) is 0 Å². The molecule has 0 heterocycles. The summed E-state index contributed by atoms with van der Waals surface area (Å²) in [6.07, 6.45) is -37.1. The third kappa shape index (κ3) is 20.9. The number of hydrogen-bond donors (Lipinski definition) is 18. The highest BCUT2D eigenvalue weighted by atomic mass is 16.9. The van der Waals surface area contributed by atoms with Crippen LogP contribution in [-0.4, -0.2) is 257 Å².